The molecule has 0 unspecified atom stereocenters. The first kappa shape index (κ1) is 10.7. The van der Waals surface area contributed by atoms with Gasteiger partial charge in [-0.2, -0.15) is 0 Å². The summed E-state index contributed by atoms with van der Waals surface area (Å²) in [7, 11) is 0. The van der Waals surface area contributed by atoms with Crippen LogP contribution in [-0.2, 0) is 0 Å². The predicted octanol–water partition coefficient (Wildman–Crippen LogP) is 4.64. The minimum absolute atomic E-state index is 0.450. The molecule has 1 aromatic carbocycles. The van der Waals surface area contributed by atoms with Gasteiger partial charge in [0.1, 0.15) is 0 Å². The van der Waals surface area contributed by atoms with E-state index < -0.39 is 0 Å². The molecule has 84 valence electrons. The van der Waals surface area contributed by atoms with Crippen LogP contribution in [0.25, 0.3) is 5.57 Å². The van der Waals surface area contributed by atoms with Gasteiger partial charge in [-0.25, -0.2) is 0 Å². The van der Waals surface area contributed by atoms with Gasteiger partial charge in [0, 0.05) is 15.7 Å². The Morgan fingerprint density at radius 3 is 2.69 bits per heavy atom. The molecular formula is C13H13BrClN. The van der Waals surface area contributed by atoms with Crippen molar-refractivity contribution in [3.63, 3.8) is 0 Å². The van der Waals surface area contributed by atoms with Crippen molar-refractivity contribution in [1.82, 2.24) is 0 Å². The van der Waals surface area contributed by atoms with Gasteiger partial charge in [-0.05, 0) is 64.7 Å². The Labute approximate surface area is 109 Å². The van der Waals surface area contributed by atoms with Crippen LogP contribution >= 0.6 is 27.5 Å². The smallest absolute Gasteiger partial charge is 0.0555 e. The summed E-state index contributed by atoms with van der Waals surface area (Å²) < 4.78 is 0.874. The number of nitrogen functional groups attached to an aromatic ring is 1. The Morgan fingerprint density at radius 2 is 2.00 bits per heavy atom. The van der Waals surface area contributed by atoms with E-state index in [4.69, 9.17) is 17.3 Å². The van der Waals surface area contributed by atoms with Crippen molar-refractivity contribution in [2.45, 2.75) is 25.7 Å². The van der Waals surface area contributed by atoms with Crippen LogP contribution in [-0.4, -0.2) is 0 Å². The first-order chi connectivity index (χ1) is 7.62. The average molecular weight is 299 g/mol. The molecule has 3 rings (SSSR count). The lowest BCUT2D eigenvalue weighted by Gasteiger charge is -2.16. The maximum Gasteiger partial charge on any atom is 0.0555 e. The molecule has 0 amide bonds. The van der Waals surface area contributed by atoms with E-state index in [2.05, 4.69) is 22.0 Å². The van der Waals surface area contributed by atoms with E-state index in [1.165, 1.54) is 31.3 Å². The molecule has 0 saturated heterocycles. The Hall–Kier alpha value is -0.470. The quantitative estimate of drug-likeness (QED) is 0.751. The summed E-state index contributed by atoms with van der Waals surface area (Å²) in [6, 6.07) is 3.91. The summed E-state index contributed by atoms with van der Waals surface area (Å²) in [5, 5.41) is 0.743. The molecule has 2 aliphatic rings. The van der Waals surface area contributed by atoms with Crippen LogP contribution in [0.4, 0.5) is 5.69 Å². The van der Waals surface area contributed by atoms with Gasteiger partial charge in [-0.3, -0.25) is 0 Å². The third kappa shape index (κ3) is 1.51. The fourth-order valence-electron chi connectivity index (χ4n) is 2.71. The summed E-state index contributed by atoms with van der Waals surface area (Å²) in [6.45, 7) is 0. The molecule has 0 atom stereocenters. The number of nitrogens with two attached hydrogens (primary N) is 1. The highest BCUT2D eigenvalue weighted by Gasteiger charge is 2.48. The van der Waals surface area contributed by atoms with Crippen molar-refractivity contribution in [3.05, 3.63) is 33.3 Å². The van der Waals surface area contributed by atoms with Gasteiger partial charge in [0.05, 0.1) is 5.02 Å². The van der Waals surface area contributed by atoms with E-state index in [1.54, 1.807) is 0 Å². The molecule has 0 bridgehead atoms. The maximum absolute atomic E-state index is 6.15. The van der Waals surface area contributed by atoms with Crippen LogP contribution < -0.4 is 5.73 Å². The molecule has 16 heavy (non-hydrogen) atoms. The van der Waals surface area contributed by atoms with Crippen molar-refractivity contribution in [3.8, 4) is 0 Å². The second-order valence-electron chi connectivity index (χ2n) is 4.79. The van der Waals surface area contributed by atoms with Crippen LogP contribution in [0.1, 0.15) is 31.2 Å². The van der Waals surface area contributed by atoms with Gasteiger partial charge in [-0.1, -0.05) is 17.7 Å². The van der Waals surface area contributed by atoms with Gasteiger partial charge >= 0.3 is 0 Å². The number of anilines is 1. The number of rotatable bonds is 1. The van der Waals surface area contributed by atoms with Gasteiger partial charge in [0.25, 0.3) is 0 Å². The van der Waals surface area contributed by atoms with Crippen molar-refractivity contribution in [2.75, 3.05) is 5.73 Å². The number of allylic oxidation sites excluding steroid dienone is 2. The standard InChI is InChI=1S/C13H13BrClN/c14-10-7-12(16)8(6-11(10)15)9-2-1-3-13(9)4-5-13/h2,6-7H,1,3-5,16H2. The number of hydrogen-bond donors (Lipinski definition) is 1. The van der Waals surface area contributed by atoms with Crippen molar-refractivity contribution in [2.24, 2.45) is 5.41 Å². The summed E-state index contributed by atoms with van der Waals surface area (Å²) in [6.07, 6.45) is 7.43. The van der Waals surface area contributed by atoms with E-state index in [0.717, 1.165) is 20.7 Å². The SMILES string of the molecule is Nc1cc(Br)c(Cl)cc1C1=CCCC12CC2. The lowest BCUT2D eigenvalue weighted by Crippen LogP contribution is -2.01. The lowest BCUT2D eigenvalue weighted by atomic mass is 9.91. The Kier molecular flexibility index (Phi) is 2.34. The molecule has 2 N–H and O–H groups in total. The third-order valence-electron chi connectivity index (χ3n) is 3.78. The minimum Gasteiger partial charge on any atom is -0.398 e. The Morgan fingerprint density at radius 1 is 1.25 bits per heavy atom. The van der Waals surface area contributed by atoms with Crippen molar-refractivity contribution >= 4 is 38.8 Å². The second-order valence-corrected chi connectivity index (χ2v) is 6.05. The van der Waals surface area contributed by atoms with Crippen LogP contribution in [0, 0.1) is 5.41 Å². The zero-order chi connectivity index (χ0) is 11.3. The molecular weight excluding hydrogens is 286 g/mol. The molecule has 0 radical (unpaired) electrons. The summed E-state index contributed by atoms with van der Waals surface area (Å²) in [5.74, 6) is 0. The second kappa shape index (κ2) is 3.51. The molecule has 1 fully saturated rings. The molecule has 1 saturated carbocycles. The van der Waals surface area contributed by atoms with E-state index >= 15 is 0 Å². The van der Waals surface area contributed by atoms with Gasteiger partial charge in [0.2, 0.25) is 0 Å². The zero-order valence-electron chi connectivity index (χ0n) is 8.89. The van der Waals surface area contributed by atoms with Gasteiger partial charge in [-0.15, -0.1) is 0 Å². The Balaban J connectivity index is 2.10. The summed E-state index contributed by atoms with van der Waals surface area (Å²) in [5.41, 5.74) is 9.94. The molecule has 2 aliphatic carbocycles. The molecule has 1 spiro atoms. The van der Waals surface area contributed by atoms with Crippen molar-refractivity contribution < 1.29 is 0 Å². The summed E-state index contributed by atoms with van der Waals surface area (Å²) in [4.78, 5) is 0. The van der Waals surface area contributed by atoms with E-state index in [1.807, 2.05) is 12.1 Å². The number of halogens is 2. The predicted molar refractivity (Wildman–Crippen MR) is 72.4 cm³/mol. The fraction of sp³-hybridized carbons (Fsp3) is 0.385. The highest BCUT2D eigenvalue weighted by Crippen LogP contribution is 2.62. The third-order valence-corrected chi connectivity index (χ3v) is 4.98. The topological polar surface area (TPSA) is 26.0 Å². The lowest BCUT2D eigenvalue weighted by molar-refractivity contribution is 0.647. The normalized spacial score (nSPS) is 21.2. The fourth-order valence-corrected chi connectivity index (χ4v) is 3.23. The minimum atomic E-state index is 0.450. The molecule has 0 aliphatic heterocycles. The van der Waals surface area contributed by atoms with E-state index in [-0.39, 0.29) is 0 Å². The molecule has 1 aromatic rings. The van der Waals surface area contributed by atoms with Crippen LogP contribution in [0.3, 0.4) is 0 Å². The van der Waals surface area contributed by atoms with Gasteiger partial charge in [0.15, 0.2) is 0 Å². The van der Waals surface area contributed by atoms with E-state index in [0.29, 0.717) is 5.41 Å². The molecule has 1 nitrogen and oxygen atoms in total. The zero-order valence-corrected chi connectivity index (χ0v) is 11.2. The van der Waals surface area contributed by atoms with Crippen LogP contribution in [0.2, 0.25) is 5.02 Å². The molecule has 3 heteroatoms. The van der Waals surface area contributed by atoms with Crippen LogP contribution in [0.15, 0.2) is 22.7 Å². The number of benzene rings is 1. The number of hydrogen-bond acceptors (Lipinski definition) is 1. The van der Waals surface area contributed by atoms with Crippen molar-refractivity contribution in [1.29, 1.82) is 0 Å². The van der Waals surface area contributed by atoms with Crippen LogP contribution in [0.5, 0.6) is 0 Å². The highest BCUT2D eigenvalue weighted by atomic mass is 79.9. The largest absolute Gasteiger partial charge is 0.398 e. The highest BCUT2D eigenvalue weighted by molar-refractivity contribution is 9.10. The molecule has 0 heterocycles. The monoisotopic (exact) mass is 297 g/mol. The first-order valence-corrected chi connectivity index (χ1v) is 6.75. The van der Waals surface area contributed by atoms with E-state index in [9.17, 15) is 0 Å². The first-order valence-electron chi connectivity index (χ1n) is 5.58. The maximum atomic E-state index is 6.15. The Bertz CT molecular complexity index is 489. The average Bonchev–Trinajstić information content (AvgIpc) is 2.87. The summed E-state index contributed by atoms with van der Waals surface area (Å²) >= 11 is 9.55. The molecule has 0 aromatic heterocycles. The van der Waals surface area contributed by atoms with Gasteiger partial charge < -0.3 is 5.73 Å².